The highest BCUT2D eigenvalue weighted by atomic mass is 19.1. The van der Waals surface area contributed by atoms with Gasteiger partial charge in [-0.2, -0.15) is 0 Å². The Morgan fingerprint density at radius 2 is 1.53 bits per heavy atom. The van der Waals surface area contributed by atoms with Crippen molar-refractivity contribution in [3.8, 4) is 5.75 Å². The fraction of sp³-hybridized carbons (Fsp3) is 0.407. The third kappa shape index (κ3) is 7.33. The predicted octanol–water partition coefficient (Wildman–Crippen LogP) is 6.31. The Morgan fingerprint density at radius 3 is 2.06 bits per heavy atom. The van der Waals surface area contributed by atoms with Crippen LogP contribution in [-0.4, -0.2) is 23.0 Å². The van der Waals surface area contributed by atoms with Gasteiger partial charge in [-0.25, -0.2) is 9.18 Å². The number of esters is 1. The summed E-state index contributed by atoms with van der Waals surface area (Å²) < 4.78 is 24.5. The molecule has 0 N–H and O–H groups in total. The van der Waals surface area contributed by atoms with E-state index in [0.717, 1.165) is 23.1 Å². The summed E-state index contributed by atoms with van der Waals surface area (Å²) in [5.41, 5.74) is 1.74. The Labute approximate surface area is 190 Å². The second-order valence-electron chi connectivity index (χ2n) is 9.49. The lowest BCUT2D eigenvalue weighted by molar-refractivity contribution is -0.171. The molecule has 0 saturated heterocycles. The monoisotopic (exact) mass is 440 g/mol. The van der Waals surface area contributed by atoms with Crippen molar-refractivity contribution in [1.82, 2.24) is 0 Å². The molecule has 0 aliphatic heterocycles. The first-order chi connectivity index (χ1) is 14.8. The zero-order valence-corrected chi connectivity index (χ0v) is 20.0. The van der Waals surface area contributed by atoms with E-state index in [0.29, 0.717) is 17.7 Å². The molecule has 0 aliphatic carbocycles. The van der Waals surface area contributed by atoms with Gasteiger partial charge in [0.05, 0.1) is 0 Å². The minimum Gasteiger partial charge on any atom is -0.476 e. The summed E-state index contributed by atoms with van der Waals surface area (Å²) in [7, 11) is 0. The molecule has 0 bridgehead atoms. The van der Waals surface area contributed by atoms with Crippen molar-refractivity contribution in [1.29, 1.82) is 0 Å². The van der Waals surface area contributed by atoms with Crippen LogP contribution in [0.15, 0.2) is 48.6 Å². The number of benzene rings is 2. The lowest BCUT2D eigenvalue weighted by Crippen LogP contribution is -2.43. The Hall–Kier alpha value is -2.95. The summed E-state index contributed by atoms with van der Waals surface area (Å²) in [5, 5.41) is 0. The van der Waals surface area contributed by atoms with Gasteiger partial charge in [-0.3, -0.25) is 4.79 Å². The average Bonchev–Trinajstić information content (AvgIpc) is 2.67. The summed E-state index contributed by atoms with van der Waals surface area (Å²) in [5.74, 6) is -0.251. The zero-order chi connectivity index (χ0) is 24.1. The highest BCUT2D eigenvalue weighted by Crippen LogP contribution is 2.30. The maximum atomic E-state index is 13.0. The number of halogens is 1. The molecule has 4 nitrogen and oxygen atoms in total. The third-order valence-electron chi connectivity index (χ3n) is 4.77. The molecule has 0 aromatic heterocycles. The SMILES string of the molecule is Cc1cc(CC/C=C/C(=O)c2ccc(F)cc2)cc(C)c1OC(C)(C)C(=O)OC(C)(C)C. The van der Waals surface area contributed by atoms with Crippen molar-refractivity contribution in [2.75, 3.05) is 0 Å². The van der Waals surface area contributed by atoms with Crippen LogP contribution in [0.25, 0.3) is 0 Å². The number of allylic oxidation sites excluding steroid dienone is 2. The van der Waals surface area contributed by atoms with E-state index in [9.17, 15) is 14.0 Å². The molecule has 2 rings (SSSR count). The van der Waals surface area contributed by atoms with Gasteiger partial charge in [-0.15, -0.1) is 0 Å². The summed E-state index contributed by atoms with van der Waals surface area (Å²) >= 11 is 0. The van der Waals surface area contributed by atoms with Crippen molar-refractivity contribution in [2.24, 2.45) is 0 Å². The standard InChI is InChI=1S/C27H33FO4/c1-18-16-20(10-8-9-11-23(29)21-12-14-22(28)15-13-21)17-19(2)24(18)31-27(6,7)25(30)32-26(3,4)5/h9,11-17H,8,10H2,1-7H3/b11-9+. The van der Waals surface area contributed by atoms with E-state index in [-0.39, 0.29) is 11.6 Å². The number of hydrogen-bond acceptors (Lipinski definition) is 4. The van der Waals surface area contributed by atoms with Gasteiger partial charge in [0, 0.05) is 5.56 Å². The third-order valence-corrected chi connectivity index (χ3v) is 4.77. The molecule has 2 aromatic rings. The highest BCUT2D eigenvalue weighted by Gasteiger charge is 2.35. The maximum absolute atomic E-state index is 13.0. The number of rotatable bonds is 8. The van der Waals surface area contributed by atoms with Gasteiger partial charge < -0.3 is 9.47 Å². The normalized spacial score (nSPS) is 12.1. The second-order valence-corrected chi connectivity index (χ2v) is 9.49. The van der Waals surface area contributed by atoms with Gasteiger partial charge in [-0.05, 0) is 108 Å². The Bertz CT molecular complexity index is 972. The first kappa shape index (κ1) is 25.3. The van der Waals surface area contributed by atoms with E-state index in [1.165, 1.54) is 30.3 Å². The predicted molar refractivity (Wildman–Crippen MR) is 125 cm³/mol. The fourth-order valence-corrected chi connectivity index (χ4v) is 3.19. The molecule has 172 valence electrons. The van der Waals surface area contributed by atoms with E-state index in [4.69, 9.17) is 9.47 Å². The lowest BCUT2D eigenvalue weighted by Gasteiger charge is -2.30. The highest BCUT2D eigenvalue weighted by molar-refractivity contribution is 6.04. The number of ketones is 1. The number of hydrogen-bond donors (Lipinski definition) is 0. The van der Waals surface area contributed by atoms with Crippen LogP contribution >= 0.6 is 0 Å². The van der Waals surface area contributed by atoms with Crippen LogP contribution < -0.4 is 4.74 Å². The summed E-state index contributed by atoms with van der Waals surface area (Å²) in [6.45, 7) is 12.8. The van der Waals surface area contributed by atoms with Crippen LogP contribution in [0.1, 0.15) is 68.1 Å². The fourth-order valence-electron chi connectivity index (χ4n) is 3.19. The Balaban J connectivity index is 2.02. The van der Waals surface area contributed by atoms with Crippen LogP contribution in [-0.2, 0) is 16.0 Å². The smallest absolute Gasteiger partial charge is 0.350 e. The van der Waals surface area contributed by atoms with Crippen LogP contribution in [0.4, 0.5) is 4.39 Å². The van der Waals surface area contributed by atoms with Crippen molar-refractivity contribution in [2.45, 2.75) is 72.5 Å². The molecule has 0 fully saturated rings. The van der Waals surface area contributed by atoms with Crippen molar-refractivity contribution in [3.63, 3.8) is 0 Å². The van der Waals surface area contributed by atoms with Gasteiger partial charge in [-0.1, -0.05) is 18.2 Å². The maximum Gasteiger partial charge on any atom is 0.350 e. The molecule has 2 aromatic carbocycles. The number of ether oxygens (including phenoxy) is 2. The molecule has 0 unspecified atom stereocenters. The van der Waals surface area contributed by atoms with Crippen molar-refractivity contribution in [3.05, 3.63) is 76.6 Å². The molecule has 0 atom stereocenters. The van der Waals surface area contributed by atoms with Gasteiger partial charge in [0.1, 0.15) is 17.2 Å². The molecule has 0 radical (unpaired) electrons. The summed E-state index contributed by atoms with van der Waals surface area (Å²) in [6, 6.07) is 9.57. The Morgan fingerprint density at radius 1 is 0.969 bits per heavy atom. The van der Waals surface area contributed by atoms with Crippen LogP contribution in [0.5, 0.6) is 5.75 Å². The molecule has 0 aliphatic rings. The topological polar surface area (TPSA) is 52.6 Å². The van der Waals surface area contributed by atoms with Crippen LogP contribution in [0, 0.1) is 19.7 Å². The number of carbonyl (C=O) groups is 2. The van der Waals surface area contributed by atoms with Gasteiger partial charge in [0.15, 0.2) is 11.4 Å². The van der Waals surface area contributed by atoms with Crippen molar-refractivity contribution >= 4 is 11.8 Å². The van der Waals surface area contributed by atoms with E-state index in [2.05, 4.69) is 0 Å². The molecule has 5 heteroatoms. The molecule has 0 heterocycles. The lowest BCUT2D eigenvalue weighted by atomic mass is 10.0. The summed E-state index contributed by atoms with van der Waals surface area (Å²) in [6.07, 6.45) is 4.79. The average molecular weight is 441 g/mol. The van der Waals surface area contributed by atoms with Gasteiger partial charge in [0.25, 0.3) is 0 Å². The Kier molecular flexibility index (Phi) is 8.00. The quantitative estimate of drug-likeness (QED) is 0.274. The van der Waals surface area contributed by atoms with E-state index >= 15 is 0 Å². The van der Waals surface area contributed by atoms with Gasteiger partial charge >= 0.3 is 5.97 Å². The van der Waals surface area contributed by atoms with E-state index in [1.807, 2.05) is 52.8 Å². The molecule has 0 amide bonds. The number of aryl methyl sites for hydroxylation is 3. The van der Waals surface area contributed by atoms with Crippen LogP contribution in [0.2, 0.25) is 0 Å². The second kappa shape index (κ2) is 10.1. The first-order valence-corrected chi connectivity index (χ1v) is 10.8. The van der Waals surface area contributed by atoms with Crippen LogP contribution in [0.3, 0.4) is 0 Å². The molecular weight excluding hydrogens is 407 g/mol. The molecular formula is C27H33FO4. The minimum atomic E-state index is -1.12. The van der Waals surface area contributed by atoms with E-state index in [1.54, 1.807) is 13.8 Å². The van der Waals surface area contributed by atoms with E-state index < -0.39 is 17.2 Å². The summed E-state index contributed by atoms with van der Waals surface area (Å²) in [4.78, 5) is 24.7. The minimum absolute atomic E-state index is 0.148. The molecule has 0 saturated carbocycles. The molecule has 32 heavy (non-hydrogen) atoms. The first-order valence-electron chi connectivity index (χ1n) is 10.8. The van der Waals surface area contributed by atoms with Crippen molar-refractivity contribution < 1.29 is 23.5 Å². The number of carbonyl (C=O) groups excluding carboxylic acids is 2. The molecule has 0 spiro atoms. The van der Waals surface area contributed by atoms with Gasteiger partial charge in [0.2, 0.25) is 0 Å². The largest absolute Gasteiger partial charge is 0.476 e. The zero-order valence-electron chi connectivity index (χ0n) is 20.0.